The Morgan fingerprint density at radius 3 is 2.35 bits per heavy atom. The van der Waals surface area contributed by atoms with Crippen LogP contribution in [0.3, 0.4) is 0 Å². The first-order valence-electron chi connectivity index (χ1n) is 7.35. The third-order valence-corrected chi connectivity index (χ3v) is 3.24. The van der Waals surface area contributed by atoms with Gasteiger partial charge in [-0.3, -0.25) is 4.79 Å². The smallest absolute Gasteiger partial charge is 0.357 e. The summed E-state index contributed by atoms with van der Waals surface area (Å²) in [6, 6.07) is 12.5. The van der Waals surface area contributed by atoms with Gasteiger partial charge in [0.2, 0.25) is 0 Å². The molecule has 5 heteroatoms. The second-order valence-corrected chi connectivity index (χ2v) is 6.17. The Morgan fingerprint density at radius 1 is 1.09 bits per heavy atom. The molecular formula is C18H20N2O3. The number of nitrogens with one attached hydrogen (secondary N) is 1. The molecule has 1 aromatic carbocycles. The normalized spacial score (nSPS) is 10.9. The number of benzene rings is 1. The molecule has 0 saturated heterocycles. The van der Waals surface area contributed by atoms with E-state index in [0.29, 0.717) is 5.69 Å². The molecule has 0 aliphatic heterocycles. The van der Waals surface area contributed by atoms with E-state index in [1.807, 2.05) is 24.3 Å². The fourth-order valence-electron chi connectivity index (χ4n) is 1.94. The van der Waals surface area contributed by atoms with E-state index in [-0.39, 0.29) is 17.7 Å². The van der Waals surface area contributed by atoms with Crippen molar-refractivity contribution in [3.8, 4) is 0 Å². The van der Waals surface area contributed by atoms with Gasteiger partial charge in [-0.1, -0.05) is 39.0 Å². The first-order chi connectivity index (χ1) is 10.9. The molecular weight excluding hydrogens is 292 g/mol. The van der Waals surface area contributed by atoms with Gasteiger partial charge in [0.25, 0.3) is 5.91 Å². The van der Waals surface area contributed by atoms with Crippen molar-refractivity contribution in [3.63, 3.8) is 0 Å². The third kappa shape index (κ3) is 4.92. The molecule has 0 saturated carbocycles. The molecule has 0 fully saturated rings. The first-order valence-corrected chi connectivity index (χ1v) is 7.35. The number of aromatic nitrogens is 1. The number of hydrogen-bond acceptors (Lipinski definition) is 4. The first kappa shape index (κ1) is 16.7. The molecule has 0 spiro atoms. The number of rotatable bonds is 4. The Balaban J connectivity index is 1.86. The van der Waals surface area contributed by atoms with Crippen LogP contribution in [0.4, 0.5) is 5.69 Å². The van der Waals surface area contributed by atoms with Gasteiger partial charge in [0.15, 0.2) is 6.61 Å². The second-order valence-electron chi connectivity index (χ2n) is 6.17. The Morgan fingerprint density at radius 2 is 1.78 bits per heavy atom. The highest BCUT2D eigenvalue weighted by molar-refractivity contribution is 5.94. The van der Waals surface area contributed by atoms with Crippen LogP contribution in [0.1, 0.15) is 36.8 Å². The van der Waals surface area contributed by atoms with E-state index in [9.17, 15) is 9.59 Å². The highest BCUT2D eigenvalue weighted by Crippen LogP contribution is 2.23. The molecule has 23 heavy (non-hydrogen) atoms. The van der Waals surface area contributed by atoms with Crippen LogP contribution in [0.5, 0.6) is 0 Å². The molecule has 1 heterocycles. The van der Waals surface area contributed by atoms with E-state index in [1.54, 1.807) is 12.1 Å². The van der Waals surface area contributed by atoms with Crippen molar-refractivity contribution < 1.29 is 14.3 Å². The lowest BCUT2D eigenvalue weighted by atomic mass is 9.87. The van der Waals surface area contributed by atoms with E-state index in [0.717, 1.165) is 0 Å². The number of carbonyl (C=O) groups excluding carboxylic acids is 2. The maximum absolute atomic E-state index is 11.8. The number of nitrogens with zero attached hydrogens (tertiary/aromatic N) is 1. The number of hydrogen-bond donors (Lipinski definition) is 1. The van der Waals surface area contributed by atoms with Crippen LogP contribution in [-0.2, 0) is 14.9 Å². The van der Waals surface area contributed by atoms with E-state index in [1.165, 1.54) is 17.8 Å². The molecule has 1 aromatic heterocycles. The minimum atomic E-state index is -0.621. The van der Waals surface area contributed by atoms with Crippen LogP contribution in [0, 0.1) is 0 Å². The molecule has 0 bridgehead atoms. The topological polar surface area (TPSA) is 68.3 Å². The predicted molar refractivity (Wildman–Crippen MR) is 88.3 cm³/mol. The molecule has 0 radical (unpaired) electrons. The molecule has 0 aliphatic carbocycles. The Kier molecular flexibility index (Phi) is 5.11. The molecule has 2 aromatic rings. The second kappa shape index (κ2) is 7.05. The minimum absolute atomic E-state index is 0.0563. The Hall–Kier alpha value is -2.69. The largest absolute Gasteiger partial charge is 0.451 e. The van der Waals surface area contributed by atoms with Gasteiger partial charge in [-0.25, -0.2) is 9.78 Å². The van der Waals surface area contributed by atoms with Crippen molar-refractivity contribution in [2.45, 2.75) is 26.2 Å². The van der Waals surface area contributed by atoms with Gasteiger partial charge in [-0.2, -0.15) is 0 Å². The summed E-state index contributed by atoms with van der Waals surface area (Å²) in [6.45, 7) is 6.02. The van der Waals surface area contributed by atoms with Crippen LogP contribution in [-0.4, -0.2) is 23.5 Å². The summed E-state index contributed by atoms with van der Waals surface area (Å²) in [5, 5.41) is 2.69. The van der Waals surface area contributed by atoms with Crippen molar-refractivity contribution in [2.24, 2.45) is 0 Å². The van der Waals surface area contributed by atoms with Crippen molar-refractivity contribution in [1.29, 1.82) is 0 Å². The predicted octanol–water partition coefficient (Wildman–Crippen LogP) is 3.17. The molecule has 2 rings (SSSR count). The van der Waals surface area contributed by atoms with Gasteiger partial charge >= 0.3 is 5.97 Å². The van der Waals surface area contributed by atoms with Gasteiger partial charge in [-0.15, -0.1) is 0 Å². The monoisotopic (exact) mass is 312 g/mol. The maximum Gasteiger partial charge on any atom is 0.357 e. The van der Waals surface area contributed by atoms with Crippen molar-refractivity contribution >= 4 is 17.6 Å². The minimum Gasteiger partial charge on any atom is -0.451 e. The number of ether oxygens (including phenoxy) is 1. The summed E-state index contributed by atoms with van der Waals surface area (Å²) in [7, 11) is 0. The summed E-state index contributed by atoms with van der Waals surface area (Å²) < 4.78 is 4.93. The van der Waals surface area contributed by atoms with E-state index in [2.05, 4.69) is 31.1 Å². The number of carbonyl (C=O) groups is 2. The lowest BCUT2D eigenvalue weighted by Crippen LogP contribution is -2.21. The quantitative estimate of drug-likeness (QED) is 0.880. The molecule has 5 nitrogen and oxygen atoms in total. The molecule has 0 atom stereocenters. The average Bonchev–Trinajstić information content (AvgIpc) is 2.53. The molecule has 0 aliphatic rings. The summed E-state index contributed by atoms with van der Waals surface area (Å²) >= 11 is 0. The number of amides is 1. The van der Waals surface area contributed by atoms with Crippen LogP contribution >= 0.6 is 0 Å². The van der Waals surface area contributed by atoms with E-state index >= 15 is 0 Å². The van der Waals surface area contributed by atoms with Gasteiger partial charge < -0.3 is 10.1 Å². The van der Waals surface area contributed by atoms with Gasteiger partial charge in [0.1, 0.15) is 5.69 Å². The fourth-order valence-corrected chi connectivity index (χ4v) is 1.94. The summed E-state index contributed by atoms with van der Waals surface area (Å²) in [6.07, 6.45) is 1.49. The molecule has 120 valence electrons. The van der Waals surface area contributed by atoms with Gasteiger partial charge in [0.05, 0.1) is 0 Å². The lowest BCUT2D eigenvalue weighted by molar-refractivity contribution is -0.119. The van der Waals surface area contributed by atoms with Crippen molar-refractivity contribution in [1.82, 2.24) is 4.98 Å². The standard InChI is InChI=1S/C18H20N2O3/c1-18(2,3)13-7-9-14(10-8-13)20-16(21)12-23-17(22)15-6-4-5-11-19-15/h4-11H,12H2,1-3H3,(H,20,21). The molecule has 0 unspecified atom stereocenters. The highest BCUT2D eigenvalue weighted by Gasteiger charge is 2.14. The average molecular weight is 312 g/mol. The highest BCUT2D eigenvalue weighted by atomic mass is 16.5. The summed E-state index contributed by atoms with van der Waals surface area (Å²) in [5.41, 5.74) is 2.07. The molecule has 1 N–H and O–H groups in total. The zero-order valence-electron chi connectivity index (χ0n) is 13.5. The summed E-state index contributed by atoms with van der Waals surface area (Å²) in [4.78, 5) is 27.4. The Bertz CT molecular complexity index is 674. The SMILES string of the molecule is CC(C)(C)c1ccc(NC(=O)COC(=O)c2ccccn2)cc1. The van der Waals surface area contributed by atoms with Crippen LogP contribution in [0.25, 0.3) is 0 Å². The Labute approximate surface area is 135 Å². The van der Waals surface area contributed by atoms with Gasteiger partial charge in [-0.05, 0) is 35.2 Å². The van der Waals surface area contributed by atoms with E-state index in [4.69, 9.17) is 4.74 Å². The number of anilines is 1. The zero-order chi connectivity index (χ0) is 16.9. The van der Waals surface area contributed by atoms with Crippen molar-refractivity contribution in [2.75, 3.05) is 11.9 Å². The van der Waals surface area contributed by atoms with Gasteiger partial charge in [0, 0.05) is 11.9 Å². The molecule has 1 amide bonds. The number of esters is 1. The summed E-state index contributed by atoms with van der Waals surface area (Å²) in [5.74, 6) is -1.01. The fraction of sp³-hybridized carbons (Fsp3) is 0.278. The van der Waals surface area contributed by atoms with Crippen LogP contribution in [0.15, 0.2) is 48.7 Å². The zero-order valence-corrected chi connectivity index (χ0v) is 13.5. The number of pyridine rings is 1. The third-order valence-electron chi connectivity index (χ3n) is 3.24. The maximum atomic E-state index is 11.8. The van der Waals surface area contributed by atoms with Crippen molar-refractivity contribution in [3.05, 3.63) is 59.9 Å². The lowest BCUT2D eigenvalue weighted by Gasteiger charge is -2.19. The van der Waals surface area contributed by atoms with Crippen LogP contribution < -0.4 is 5.32 Å². The van der Waals surface area contributed by atoms with Crippen LogP contribution in [0.2, 0.25) is 0 Å². The van der Waals surface area contributed by atoms with E-state index < -0.39 is 11.9 Å².